The van der Waals surface area contributed by atoms with Crippen molar-refractivity contribution in [2.24, 2.45) is 11.7 Å². The molecular formula is C18H24N4O. The molecule has 2 atom stereocenters. The molecule has 0 spiro atoms. The molecule has 1 amide bonds. The molecule has 0 aliphatic heterocycles. The number of nitrogens with one attached hydrogen (secondary N) is 1. The topological polar surface area (TPSA) is 72.9 Å². The van der Waals surface area contributed by atoms with Crippen LogP contribution < -0.4 is 11.1 Å². The van der Waals surface area contributed by atoms with E-state index in [4.69, 9.17) is 5.73 Å². The second kappa shape index (κ2) is 7.42. The van der Waals surface area contributed by atoms with E-state index in [0.29, 0.717) is 6.54 Å². The van der Waals surface area contributed by atoms with Crippen molar-refractivity contribution < 1.29 is 4.79 Å². The number of aromatic nitrogens is 2. The molecule has 122 valence electrons. The molecule has 0 saturated heterocycles. The number of nitrogens with zero attached hydrogens (tertiary/aromatic N) is 2. The lowest BCUT2D eigenvalue weighted by Gasteiger charge is -2.25. The molecule has 3 rings (SSSR count). The smallest absolute Gasteiger partial charge is 0.223 e. The summed E-state index contributed by atoms with van der Waals surface area (Å²) in [4.78, 5) is 12.2. The molecule has 2 aromatic rings. The van der Waals surface area contributed by atoms with Gasteiger partial charge in [-0.05, 0) is 36.5 Å². The van der Waals surface area contributed by atoms with Gasteiger partial charge in [0.1, 0.15) is 0 Å². The molecule has 5 heteroatoms. The number of rotatable bonds is 5. The molecule has 1 heterocycles. The fraction of sp³-hybridized carbons (Fsp3) is 0.444. The van der Waals surface area contributed by atoms with Gasteiger partial charge in [-0.2, -0.15) is 5.10 Å². The molecule has 1 aromatic carbocycles. The van der Waals surface area contributed by atoms with Crippen molar-refractivity contribution in [2.75, 3.05) is 0 Å². The lowest BCUT2D eigenvalue weighted by molar-refractivity contribution is -0.126. The van der Waals surface area contributed by atoms with E-state index >= 15 is 0 Å². The second-order valence-corrected chi connectivity index (χ2v) is 6.36. The zero-order valence-electron chi connectivity index (χ0n) is 13.3. The molecule has 5 nitrogen and oxygen atoms in total. The van der Waals surface area contributed by atoms with Gasteiger partial charge in [0.25, 0.3) is 0 Å². The Labute approximate surface area is 136 Å². The second-order valence-electron chi connectivity index (χ2n) is 6.36. The van der Waals surface area contributed by atoms with Crippen LogP contribution >= 0.6 is 0 Å². The van der Waals surface area contributed by atoms with E-state index in [-0.39, 0.29) is 17.9 Å². The van der Waals surface area contributed by atoms with E-state index in [1.165, 1.54) is 5.56 Å². The predicted molar refractivity (Wildman–Crippen MR) is 89.6 cm³/mol. The number of hydrogen-bond donors (Lipinski definition) is 2. The first-order valence-electron chi connectivity index (χ1n) is 8.29. The lowest BCUT2D eigenvalue weighted by atomic mass is 9.85. The fourth-order valence-corrected chi connectivity index (χ4v) is 3.14. The monoisotopic (exact) mass is 312 g/mol. The van der Waals surface area contributed by atoms with Gasteiger partial charge >= 0.3 is 0 Å². The maximum absolute atomic E-state index is 12.2. The Morgan fingerprint density at radius 3 is 2.74 bits per heavy atom. The minimum Gasteiger partial charge on any atom is -0.352 e. The van der Waals surface area contributed by atoms with Crippen LogP contribution in [0.25, 0.3) is 0 Å². The third kappa shape index (κ3) is 4.42. The summed E-state index contributed by atoms with van der Waals surface area (Å²) < 4.78 is 1.89. The van der Waals surface area contributed by atoms with Crippen molar-refractivity contribution in [2.45, 2.75) is 44.8 Å². The zero-order valence-corrected chi connectivity index (χ0v) is 13.3. The van der Waals surface area contributed by atoms with Gasteiger partial charge in [0.15, 0.2) is 0 Å². The van der Waals surface area contributed by atoms with Crippen LogP contribution in [0, 0.1) is 5.92 Å². The Morgan fingerprint density at radius 1 is 1.26 bits per heavy atom. The summed E-state index contributed by atoms with van der Waals surface area (Å²) in [5, 5.41) is 7.24. The maximum atomic E-state index is 12.2. The summed E-state index contributed by atoms with van der Waals surface area (Å²) in [6, 6.07) is 10.4. The van der Waals surface area contributed by atoms with Gasteiger partial charge in [-0.25, -0.2) is 0 Å². The van der Waals surface area contributed by atoms with Crippen molar-refractivity contribution >= 4 is 5.91 Å². The first-order valence-corrected chi connectivity index (χ1v) is 8.29. The van der Waals surface area contributed by atoms with Gasteiger partial charge in [0.2, 0.25) is 5.91 Å². The quantitative estimate of drug-likeness (QED) is 0.887. The highest BCUT2D eigenvalue weighted by atomic mass is 16.1. The molecule has 0 bridgehead atoms. The van der Waals surface area contributed by atoms with Crippen LogP contribution in [0.4, 0.5) is 0 Å². The van der Waals surface area contributed by atoms with E-state index in [0.717, 1.165) is 37.8 Å². The molecule has 2 unspecified atom stereocenters. The summed E-state index contributed by atoms with van der Waals surface area (Å²) in [6.45, 7) is 1.34. The average Bonchev–Trinajstić information content (AvgIpc) is 3.07. The van der Waals surface area contributed by atoms with Crippen molar-refractivity contribution in [3.05, 3.63) is 53.9 Å². The van der Waals surface area contributed by atoms with Crippen LogP contribution in [-0.4, -0.2) is 21.7 Å². The fourth-order valence-electron chi connectivity index (χ4n) is 3.14. The summed E-state index contributed by atoms with van der Waals surface area (Å²) in [5.41, 5.74) is 8.27. The predicted octanol–water partition coefficient (Wildman–Crippen LogP) is 2.07. The Morgan fingerprint density at radius 2 is 2.04 bits per heavy atom. The normalized spacial score (nSPS) is 21.1. The molecule has 1 aliphatic rings. The number of carbonyl (C=O) groups excluding carboxylic acids is 1. The van der Waals surface area contributed by atoms with Crippen molar-refractivity contribution in [3.8, 4) is 0 Å². The largest absolute Gasteiger partial charge is 0.352 e. The van der Waals surface area contributed by atoms with Crippen LogP contribution in [0.1, 0.15) is 36.8 Å². The first-order chi connectivity index (χ1) is 11.2. The minimum atomic E-state index is 0.0813. The average molecular weight is 312 g/mol. The van der Waals surface area contributed by atoms with Crippen LogP contribution in [0.5, 0.6) is 0 Å². The third-order valence-corrected chi connectivity index (χ3v) is 4.48. The lowest BCUT2D eigenvalue weighted by Crippen LogP contribution is -2.37. The van der Waals surface area contributed by atoms with Crippen molar-refractivity contribution in [1.82, 2.24) is 15.1 Å². The zero-order chi connectivity index (χ0) is 16.1. The number of amides is 1. The van der Waals surface area contributed by atoms with Gasteiger partial charge in [-0.1, -0.05) is 30.7 Å². The van der Waals surface area contributed by atoms with E-state index in [1.807, 2.05) is 16.9 Å². The number of hydrogen-bond acceptors (Lipinski definition) is 3. The summed E-state index contributed by atoms with van der Waals surface area (Å²) in [6.07, 6.45) is 7.60. The van der Waals surface area contributed by atoms with Crippen LogP contribution in [0.3, 0.4) is 0 Å². The Hall–Kier alpha value is -2.14. The third-order valence-electron chi connectivity index (χ3n) is 4.48. The molecular weight excluding hydrogens is 288 g/mol. The highest BCUT2D eigenvalue weighted by Gasteiger charge is 2.24. The Bertz CT molecular complexity index is 621. The SMILES string of the molecule is NC1CCCC(C(=O)NCc2ccc(Cn3cccn3)cc2)C1. The van der Waals surface area contributed by atoms with E-state index in [2.05, 4.69) is 34.7 Å². The molecule has 1 aromatic heterocycles. The van der Waals surface area contributed by atoms with E-state index in [9.17, 15) is 4.79 Å². The standard InChI is InChI=1S/C18H24N4O/c19-17-4-1-3-16(11-17)18(23)20-12-14-5-7-15(8-6-14)13-22-10-2-9-21-22/h2,5-10,16-17H,1,3-4,11-13,19H2,(H,20,23). The molecule has 3 N–H and O–H groups in total. The molecule has 1 fully saturated rings. The number of carbonyl (C=O) groups is 1. The summed E-state index contributed by atoms with van der Waals surface area (Å²) in [7, 11) is 0. The highest BCUT2D eigenvalue weighted by molar-refractivity contribution is 5.78. The van der Waals surface area contributed by atoms with Gasteiger partial charge in [-0.15, -0.1) is 0 Å². The van der Waals surface area contributed by atoms with E-state index in [1.54, 1.807) is 6.20 Å². The Balaban J connectivity index is 1.49. The van der Waals surface area contributed by atoms with Gasteiger partial charge in [0.05, 0.1) is 6.54 Å². The highest BCUT2D eigenvalue weighted by Crippen LogP contribution is 2.23. The van der Waals surface area contributed by atoms with Crippen molar-refractivity contribution in [1.29, 1.82) is 0 Å². The van der Waals surface area contributed by atoms with Gasteiger partial charge in [-0.3, -0.25) is 9.48 Å². The van der Waals surface area contributed by atoms with Crippen LogP contribution in [0.15, 0.2) is 42.7 Å². The number of nitrogens with two attached hydrogens (primary N) is 1. The Kier molecular flexibility index (Phi) is 5.08. The summed E-state index contributed by atoms with van der Waals surface area (Å²) >= 11 is 0. The minimum absolute atomic E-state index is 0.0813. The van der Waals surface area contributed by atoms with Gasteiger partial charge < -0.3 is 11.1 Å². The summed E-state index contributed by atoms with van der Waals surface area (Å²) in [5.74, 6) is 0.221. The molecule has 1 saturated carbocycles. The first kappa shape index (κ1) is 15.7. The number of benzene rings is 1. The van der Waals surface area contributed by atoms with Crippen molar-refractivity contribution in [3.63, 3.8) is 0 Å². The maximum Gasteiger partial charge on any atom is 0.223 e. The molecule has 0 radical (unpaired) electrons. The van der Waals surface area contributed by atoms with Gasteiger partial charge in [0, 0.05) is 30.9 Å². The van der Waals surface area contributed by atoms with Crippen LogP contribution in [0.2, 0.25) is 0 Å². The van der Waals surface area contributed by atoms with E-state index < -0.39 is 0 Å². The van der Waals surface area contributed by atoms with Crippen LogP contribution in [-0.2, 0) is 17.9 Å². The molecule has 1 aliphatic carbocycles. The molecule has 23 heavy (non-hydrogen) atoms.